The van der Waals surface area contributed by atoms with Gasteiger partial charge in [0.1, 0.15) is 5.01 Å². The van der Waals surface area contributed by atoms with Crippen molar-refractivity contribution in [3.05, 3.63) is 15.6 Å². The van der Waals surface area contributed by atoms with Crippen LogP contribution in [-0.4, -0.2) is 29.3 Å². The van der Waals surface area contributed by atoms with Crippen LogP contribution in [-0.2, 0) is 5.54 Å². The van der Waals surface area contributed by atoms with Crippen molar-refractivity contribution < 1.29 is 9.90 Å². The standard InChI is InChI=1S/C16H29N3O2S/c1-11-12(2)22-13(18-11)16(5,6)19-14(21)17-9-7-8-15(3,4)10-20/h20H,7-10H2,1-6H3,(H2,17,19,21). The average Bonchev–Trinajstić information content (AvgIpc) is 2.75. The van der Waals surface area contributed by atoms with Gasteiger partial charge in [-0.3, -0.25) is 0 Å². The fourth-order valence-electron chi connectivity index (χ4n) is 1.97. The number of hydrogen-bond acceptors (Lipinski definition) is 4. The van der Waals surface area contributed by atoms with Gasteiger partial charge in [-0.05, 0) is 46.0 Å². The monoisotopic (exact) mass is 327 g/mol. The Hall–Kier alpha value is -1.14. The molecule has 5 nitrogen and oxygen atoms in total. The molecule has 1 heterocycles. The minimum Gasteiger partial charge on any atom is -0.396 e. The number of nitrogens with one attached hydrogen (secondary N) is 2. The van der Waals surface area contributed by atoms with E-state index in [1.807, 2.05) is 41.5 Å². The largest absolute Gasteiger partial charge is 0.396 e. The molecule has 0 unspecified atom stereocenters. The second-order valence-corrected chi connectivity index (χ2v) is 8.30. The van der Waals surface area contributed by atoms with Crippen LogP contribution in [0.2, 0.25) is 0 Å². The molecule has 0 saturated heterocycles. The van der Waals surface area contributed by atoms with Gasteiger partial charge in [0.05, 0.1) is 11.2 Å². The number of hydrogen-bond donors (Lipinski definition) is 3. The van der Waals surface area contributed by atoms with Gasteiger partial charge < -0.3 is 15.7 Å². The molecule has 1 rings (SSSR count). The molecule has 2 amide bonds. The van der Waals surface area contributed by atoms with Crippen molar-refractivity contribution in [2.75, 3.05) is 13.2 Å². The maximum Gasteiger partial charge on any atom is 0.315 e. The van der Waals surface area contributed by atoms with E-state index < -0.39 is 5.54 Å². The lowest BCUT2D eigenvalue weighted by atomic mass is 9.89. The lowest BCUT2D eigenvalue weighted by Crippen LogP contribution is -2.46. The van der Waals surface area contributed by atoms with Crippen LogP contribution in [0.4, 0.5) is 4.79 Å². The zero-order valence-corrected chi connectivity index (χ0v) is 15.4. The predicted molar refractivity (Wildman–Crippen MR) is 91.2 cm³/mol. The third-order valence-electron chi connectivity index (χ3n) is 3.73. The summed E-state index contributed by atoms with van der Waals surface area (Å²) in [5.41, 5.74) is 0.437. The van der Waals surface area contributed by atoms with Crippen molar-refractivity contribution >= 4 is 17.4 Å². The highest BCUT2D eigenvalue weighted by atomic mass is 32.1. The van der Waals surface area contributed by atoms with Crippen LogP contribution < -0.4 is 10.6 Å². The molecule has 1 aromatic heterocycles. The Morgan fingerprint density at radius 2 is 1.91 bits per heavy atom. The van der Waals surface area contributed by atoms with E-state index in [0.717, 1.165) is 23.5 Å². The van der Waals surface area contributed by atoms with E-state index >= 15 is 0 Å². The van der Waals surface area contributed by atoms with E-state index in [2.05, 4.69) is 15.6 Å². The van der Waals surface area contributed by atoms with Crippen molar-refractivity contribution in [2.24, 2.45) is 5.41 Å². The summed E-state index contributed by atoms with van der Waals surface area (Å²) >= 11 is 1.62. The number of aryl methyl sites for hydroxylation is 2. The highest BCUT2D eigenvalue weighted by molar-refractivity contribution is 7.11. The zero-order valence-electron chi connectivity index (χ0n) is 14.5. The molecular formula is C16H29N3O2S. The molecule has 0 spiro atoms. The highest BCUT2D eigenvalue weighted by Crippen LogP contribution is 2.27. The number of nitrogens with zero attached hydrogens (tertiary/aromatic N) is 1. The Balaban J connectivity index is 2.44. The summed E-state index contributed by atoms with van der Waals surface area (Å²) in [7, 11) is 0. The van der Waals surface area contributed by atoms with Gasteiger partial charge >= 0.3 is 6.03 Å². The first-order chi connectivity index (χ1) is 10.1. The van der Waals surface area contributed by atoms with E-state index in [4.69, 9.17) is 0 Å². The second-order valence-electron chi connectivity index (χ2n) is 7.09. The Bertz CT molecular complexity index is 490. The minimum absolute atomic E-state index is 0.0899. The van der Waals surface area contributed by atoms with Crippen LogP contribution in [0.15, 0.2) is 0 Å². The lowest BCUT2D eigenvalue weighted by Gasteiger charge is -2.24. The lowest BCUT2D eigenvalue weighted by molar-refractivity contribution is 0.148. The summed E-state index contributed by atoms with van der Waals surface area (Å²) in [6.45, 7) is 12.7. The molecule has 0 saturated carbocycles. The topological polar surface area (TPSA) is 74.2 Å². The number of carbonyl (C=O) groups excluding carboxylic acids is 1. The molecule has 0 aliphatic rings. The third kappa shape index (κ3) is 5.57. The molecule has 0 radical (unpaired) electrons. The van der Waals surface area contributed by atoms with E-state index in [0.29, 0.717) is 6.54 Å². The van der Waals surface area contributed by atoms with Gasteiger partial charge in [-0.1, -0.05) is 13.8 Å². The highest BCUT2D eigenvalue weighted by Gasteiger charge is 2.27. The molecule has 0 fully saturated rings. The summed E-state index contributed by atoms with van der Waals surface area (Å²) in [5.74, 6) is 0. The van der Waals surface area contributed by atoms with E-state index in [-0.39, 0.29) is 18.1 Å². The Morgan fingerprint density at radius 1 is 1.27 bits per heavy atom. The van der Waals surface area contributed by atoms with Crippen LogP contribution in [0.1, 0.15) is 56.1 Å². The molecule has 0 aliphatic heterocycles. The molecule has 0 bridgehead atoms. The van der Waals surface area contributed by atoms with E-state index in [1.165, 1.54) is 4.88 Å². The van der Waals surface area contributed by atoms with Crippen molar-refractivity contribution in [1.82, 2.24) is 15.6 Å². The van der Waals surface area contributed by atoms with Crippen LogP contribution in [0.25, 0.3) is 0 Å². The van der Waals surface area contributed by atoms with Gasteiger partial charge in [0.15, 0.2) is 0 Å². The number of aliphatic hydroxyl groups excluding tert-OH is 1. The van der Waals surface area contributed by atoms with Crippen molar-refractivity contribution in [3.63, 3.8) is 0 Å². The number of amides is 2. The molecular weight excluding hydrogens is 298 g/mol. The van der Waals surface area contributed by atoms with Gasteiger partial charge in [-0.15, -0.1) is 11.3 Å². The number of aromatic nitrogens is 1. The van der Waals surface area contributed by atoms with Crippen LogP contribution in [0.5, 0.6) is 0 Å². The average molecular weight is 327 g/mol. The zero-order chi connectivity index (χ0) is 17.0. The molecule has 0 aliphatic carbocycles. The number of aliphatic hydroxyl groups is 1. The first kappa shape index (κ1) is 18.9. The smallest absolute Gasteiger partial charge is 0.315 e. The van der Waals surface area contributed by atoms with Gasteiger partial charge in [0.2, 0.25) is 0 Å². The fraction of sp³-hybridized carbons (Fsp3) is 0.750. The van der Waals surface area contributed by atoms with Gasteiger partial charge in [0.25, 0.3) is 0 Å². The number of urea groups is 1. The molecule has 0 aromatic carbocycles. The van der Waals surface area contributed by atoms with Crippen LogP contribution in [0.3, 0.4) is 0 Å². The Kier molecular flexibility index (Phi) is 6.38. The van der Waals surface area contributed by atoms with Gasteiger partial charge in [0, 0.05) is 18.0 Å². The first-order valence-electron chi connectivity index (χ1n) is 7.69. The number of rotatable bonds is 7. The second kappa shape index (κ2) is 7.42. The van der Waals surface area contributed by atoms with Crippen molar-refractivity contribution in [3.8, 4) is 0 Å². The van der Waals surface area contributed by atoms with Gasteiger partial charge in [-0.25, -0.2) is 9.78 Å². The normalized spacial score (nSPS) is 12.3. The van der Waals surface area contributed by atoms with E-state index in [9.17, 15) is 9.90 Å². The molecule has 0 atom stereocenters. The SMILES string of the molecule is Cc1nc(C(C)(C)NC(=O)NCCCC(C)(C)CO)sc1C. The first-order valence-corrected chi connectivity index (χ1v) is 8.50. The number of thiazole rings is 1. The van der Waals surface area contributed by atoms with E-state index in [1.54, 1.807) is 11.3 Å². The summed E-state index contributed by atoms with van der Waals surface area (Å²) in [6.07, 6.45) is 1.72. The number of carbonyl (C=O) groups is 1. The molecule has 126 valence electrons. The minimum atomic E-state index is -0.488. The summed E-state index contributed by atoms with van der Waals surface area (Å²) in [4.78, 5) is 17.7. The quantitative estimate of drug-likeness (QED) is 0.674. The molecule has 22 heavy (non-hydrogen) atoms. The van der Waals surface area contributed by atoms with Crippen LogP contribution >= 0.6 is 11.3 Å². The third-order valence-corrected chi connectivity index (χ3v) is 5.13. The predicted octanol–water partition coefficient (Wildman–Crippen LogP) is 3.09. The Labute approximate surface area is 137 Å². The molecule has 3 N–H and O–H groups in total. The van der Waals surface area contributed by atoms with Gasteiger partial charge in [-0.2, -0.15) is 0 Å². The summed E-state index contributed by atoms with van der Waals surface area (Å²) < 4.78 is 0. The summed E-state index contributed by atoms with van der Waals surface area (Å²) in [5, 5.41) is 16.0. The molecule has 6 heteroatoms. The fourth-order valence-corrected chi connectivity index (χ4v) is 2.94. The maximum absolute atomic E-state index is 12.0. The maximum atomic E-state index is 12.0. The molecule has 1 aromatic rings. The van der Waals surface area contributed by atoms with Crippen LogP contribution in [0, 0.1) is 19.3 Å². The summed E-state index contributed by atoms with van der Waals surface area (Å²) in [6, 6.07) is -0.183. The van der Waals surface area contributed by atoms with Crippen molar-refractivity contribution in [2.45, 2.75) is 59.9 Å². The van der Waals surface area contributed by atoms with Crippen molar-refractivity contribution in [1.29, 1.82) is 0 Å². The Morgan fingerprint density at radius 3 is 2.41 bits per heavy atom.